The summed E-state index contributed by atoms with van der Waals surface area (Å²) in [6, 6.07) is 0. The summed E-state index contributed by atoms with van der Waals surface area (Å²) in [5.74, 6) is 1.14. The van der Waals surface area contributed by atoms with E-state index in [-0.39, 0.29) is 0 Å². The average molecular weight is 223 g/mol. The van der Waals surface area contributed by atoms with Gasteiger partial charge < -0.3 is 10.3 Å². The summed E-state index contributed by atoms with van der Waals surface area (Å²) in [6.45, 7) is 2.80. The van der Waals surface area contributed by atoms with Crippen molar-refractivity contribution in [3.05, 3.63) is 18.2 Å². The molecule has 0 unspecified atom stereocenters. The van der Waals surface area contributed by atoms with E-state index in [1.54, 1.807) is 0 Å². The topological polar surface area (TPSA) is 43.8 Å². The lowest BCUT2D eigenvalue weighted by molar-refractivity contribution is 0.573. The van der Waals surface area contributed by atoms with Gasteiger partial charge in [0.15, 0.2) is 0 Å². The summed E-state index contributed by atoms with van der Waals surface area (Å²) in [5.41, 5.74) is 5.60. The number of unbranched alkanes of at least 4 members (excludes halogenated alkanes) is 6. The van der Waals surface area contributed by atoms with Crippen LogP contribution in [0.25, 0.3) is 0 Å². The Labute approximate surface area is 99.1 Å². The molecule has 2 N–H and O–H groups in total. The quantitative estimate of drug-likeness (QED) is 0.654. The third-order valence-corrected chi connectivity index (χ3v) is 3.00. The molecule has 92 valence electrons. The summed E-state index contributed by atoms with van der Waals surface area (Å²) < 4.78 is 2.02. The molecule has 0 aliphatic rings. The van der Waals surface area contributed by atoms with Crippen LogP contribution in [0.5, 0.6) is 0 Å². The second-order valence-electron chi connectivity index (χ2n) is 4.37. The van der Waals surface area contributed by atoms with Crippen molar-refractivity contribution in [3.8, 4) is 0 Å². The van der Waals surface area contributed by atoms with Crippen LogP contribution in [-0.4, -0.2) is 9.55 Å². The molecule has 0 fully saturated rings. The van der Waals surface area contributed by atoms with E-state index in [0.717, 1.165) is 12.2 Å². The third kappa shape index (κ3) is 4.79. The van der Waals surface area contributed by atoms with Gasteiger partial charge in [0.2, 0.25) is 0 Å². The first-order valence-electron chi connectivity index (χ1n) is 6.58. The molecular weight excluding hydrogens is 198 g/mol. The largest absolute Gasteiger partial charge is 0.322 e. The molecule has 0 saturated heterocycles. The molecule has 0 amide bonds. The first kappa shape index (κ1) is 13.2. The fraction of sp³-hybridized carbons (Fsp3) is 0.769. The second kappa shape index (κ2) is 8.34. The van der Waals surface area contributed by atoms with E-state index in [1.807, 2.05) is 17.0 Å². The fourth-order valence-corrected chi connectivity index (χ4v) is 1.97. The van der Waals surface area contributed by atoms with E-state index in [4.69, 9.17) is 5.73 Å². The van der Waals surface area contributed by atoms with E-state index < -0.39 is 0 Å². The number of nitrogens with two attached hydrogens (primary N) is 1. The average Bonchev–Trinajstić information content (AvgIpc) is 2.75. The predicted octanol–water partition coefficient (Wildman–Crippen LogP) is 3.09. The van der Waals surface area contributed by atoms with E-state index in [2.05, 4.69) is 11.9 Å². The first-order chi connectivity index (χ1) is 7.88. The van der Waals surface area contributed by atoms with Crippen LogP contribution in [0.1, 0.15) is 57.7 Å². The number of rotatable bonds is 9. The summed E-state index contributed by atoms with van der Waals surface area (Å²) in [6.07, 6.45) is 14.3. The van der Waals surface area contributed by atoms with Crippen molar-refractivity contribution < 1.29 is 0 Å². The smallest absolute Gasteiger partial charge is 0.109 e. The second-order valence-corrected chi connectivity index (χ2v) is 4.37. The molecule has 1 aromatic rings. The van der Waals surface area contributed by atoms with Gasteiger partial charge in [-0.25, -0.2) is 4.98 Å². The predicted molar refractivity (Wildman–Crippen MR) is 68.1 cm³/mol. The Balaban J connectivity index is 2.03. The highest BCUT2D eigenvalue weighted by Crippen LogP contribution is 2.09. The van der Waals surface area contributed by atoms with Gasteiger partial charge in [-0.05, 0) is 6.42 Å². The lowest BCUT2D eigenvalue weighted by atomic mass is 10.1. The molecule has 3 nitrogen and oxygen atoms in total. The highest BCUT2D eigenvalue weighted by atomic mass is 15.1. The van der Waals surface area contributed by atoms with Crippen LogP contribution in [0, 0.1) is 0 Å². The standard InChI is InChI=1S/C13H25N3/c1-2-3-4-5-6-7-8-9-13-15-10-11-16(13)12-14/h10-11H,2-9,12,14H2,1H3. The van der Waals surface area contributed by atoms with Gasteiger partial charge in [-0.1, -0.05) is 45.4 Å². The minimum atomic E-state index is 0.547. The molecular formula is C13H25N3. The third-order valence-electron chi connectivity index (χ3n) is 3.00. The lowest BCUT2D eigenvalue weighted by Crippen LogP contribution is -2.09. The zero-order valence-electron chi connectivity index (χ0n) is 10.5. The Morgan fingerprint density at radius 1 is 1.12 bits per heavy atom. The maximum Gasteiger partial charge on any atom is 0.109 e. The maximum absolute atomic E-state index is 5.60. The molecule has 0 aliphatic carbocycles. The molecule has 1 heterocycles. The van der Waals surface area contributed by atoms with Gasteiger partial charge in [-0.15, -0.1) is 0 Å². The molecule has 0 bridgehead atoms. The number of hydrogen-bond acceptors (Lipinski definition) is 2. The maximum atomic E-state index is 5.60. The Morgan fingerprint density at radius 2 is 1.81 bits per heavy atom. The van der Waals surface area contributed by atoms with Gasteiger partial charge in [-0.3, -0.25) is 0 Å². The highest BCUT2D eigenvalue weighted by Gasteiger charge is 2.00. The van der Waals surface area contributed by atoms with Gasteiger partial charge >= 0.3 is 0 Å². The van der Waals surface area contributed by atoms with Crippen LogP contribution in [0.4, 0.5) is 0 Å². The molecule has 0 aliphatic heterocycles. The van der Waals surface area contributed by atoms with Crippen LogP contribution in [0.2, 0.25) is 0 Å². The van der Waals surface area contributed by atoms with Crippen molar-refractivity contribution in [2.45, 2.75) is 65.0 Å². The molecule has 0 radical (unpaired) electrons. The molecule has 0 saturated carbocycles. The molecule has 0 aromatic carbocycles. The molecule has 1 aromatic heterocycles. The molecule has 16 heavy (non-hydrogen) atoms. The Bertz CT molecular complexity index is 268. The van der Waals surface area contributed by atoms with Crippen molar-refractivity contribution >= 4 is 0 Å². The summed E-state index contributed by atoms with van der Waals surface area (Å²) in [4.78, 5) is 4.32. The van der Waals surface area contributed by atoms with Crippen molar-refractivity contribution in [2.75, 3.05) is 0 Å². The normalized spacial score (nSPS) is 10.9. The van der Waals surface area contributed by atoms with Crippen LogP contribution in [-0.2, 0) is 13.1 Å². The minimum absolute atomic E-state index is 0.547. The van der Waals surface area contributed by atoms with Crippen molar-refractivity contribution in [3.63, 3.8) is 0 Å². The summed E-state index contributed by atoms with van der Waals surface area (Å²) in [5, 5.41) is 0. The first-order valence-corrected chi connectivity index (χ1v) is 6.58. The zero-order chi connectivity index (χ0) is 11.6. The van der Waals surface area contributed by atoms with Gasteiger partial charge in [0.05, 0.1) is 6.67 Å². The molecule has 3 heteroatoms. The van der Waals surface area contributed by atoms with Crippen molar-refractivity contribution in [1.29, 1.82) is 0 Å². The fourth-order valence-electron chi connectivity index (χ4n) is 1.97. The number of hydrogen-bond donors (Lipinski definition) is 1. The summed E-state index contributed by atoms with van der Waals surface area (Å²) in [7, 11) is 0. The minimum Gasteiger partial charge on any atom is -0.322 e. The van der Waals surface area contributed by atoms with E-state index in [9.17, 15) is 0 Å². The van der Waals surface area contributed by atoms with Gasteiger partial charge in [-0.2, -0.15) is 0 Å². The van der Waals surface area contributed by atoms with Gasteiger partial charge in [0.1, 0.15) is 5.82 Å². The van der Waals surface area contributed by atoms with Crippen LogP contribution in [0.15, 0.2) is 12.4 Å². The number of aromatic nitrogens is 2. The van der Waals surface area contributed by atoms with Crippen LogP contribution >= 0.6 is 0 Å². The highest BCUT2D eigenvalue weighted by molar-refractivity contribution is 4.91. The SMILES string of the molecule is CCCCCCCCCc1nccn1CN. The van der Waals surface area contributed by atoms with Crippen LogP contribution < -0.4 is 5.73 Å². The zero-order valence-corrected chi connectivity index (χ0v) is 10.5. The Kier molecular flexibility index (Phi) is 6.90. The molecule has 0 atom stereocenters. The number of nitrogens with zero attached hydrogens (tertiary/aromatic N) is 2. The van der Waals surface area contributed by atoms with Crippen molar-refractivity contribution in [2.24, 2.45) is 5.73 Å². The number of imidazole rings is 1. The van der Waals surface area contributed by atoms with E-state index in [1.165, 1.54) is 44.9 Å². The van der Waals surface area contributed by atoms with E-state index in [0.29, 0.717) is 6.67 Å². The number of aryl methyl sites for hydroxylation is 1. The van der Waals surface area contributed by atoms with Gasteiger partial charge in [0, 0.05) is 18.8 Å². The van der Waals surface area contributed by atoms with E-state index >= 15 is 0 Å². The van der Waals surface area contributed by atoms with Crippen molar-refractivity contribution in [1.82, 2.24) is 9.55 Å². The monoisotopic (exact) mass is 223 g/mol. The van der Waals surface area contributed by atoms with Crippen LogP contribution in [0.3, 0.4) is 0 Å². The molecule has 1 rings (SSSR count). The molecule has 0 spiro atoms. The Morgan fingerprint density at radius 3 is 2.50 bits per heavy atom. The lowest BCUT2D eigenvalue weighted by Gasteiger charge is -2.04. The Hall–Kier alpha value is -0.830. The summed E-state index contributed by atoms with van der Waals surface area (Å²) >= 11 is 0. The van der Waals surface area contributed by atoms with Gasteiger partial charge in [0.25, 0.3) is 0 Å².